The Kier molecular flexibility index (Phi) is 5.54. The largest absolute Gasteiger partial charge is 0.458 e. The highest BCUT2D eigenvalue weighted by molar-refractivity contribution is 6.37. The van der Waals surface area contributed by atoms with Crippen LogP contribution in [0.1, 0.15) is 23.6 Å². The van der Waals surface area contributed by atoms with E-state index < -0.39 is 5.82 Å². The molecule has 0 aromatic heterocycles. The van der Waals surface area contributed by atoms with Gasteiger partial charge in [0.25, 0.3) is 5.91 Å². The molecule has 0 saturated heterocycles. The number of ether oxygens (including phenoxy) is 2. The van der Waals surface area contributed by atoms with Gasteiger partial charge in [-0.15, -0.1) is 0 Å². The highest BCUT2D eigenvalue weighted by Gasteiger charge is 2.29. The summed E-state index contributed by atoms with van der Waals surface area (Å²) in [4.78, 5) is 13.0. The van der Waals surface area contributed by atoms with Crippen LogP contribution < -0.4 is 25.4 Å². The zero-order chi connectivity index (χ0) is 22.8. The SMILES string of the molecule is CCNCc1ccc(N/C(=C2\C(=O)Nc3cc(F)ccc32)c2ccc3c(c2)OC=CO3)cc1. The molecule has 0 aliphatic carbocycles. The fourth-order valence-electron chi connectivity index (χ4n) is 3.85. The molecule has 3 aromatic carbocycles. The lowest BCUT2D eigenvalue weighted by Crippen LogP contribution is -2.12. The van der Waals surface area contributed by atoms with E-state index >= 15 is 0 Å². The molecule has 2 heterocycles. The lowest BCUT2D eigenvalue weighted by molar-refractivity contribution is -0.110. The first kappa shape index (κ1) is 20.8. The summed E-state index contributed by atoms with van der Waals surface area (Å²) in [6.07, 6.45) is 2.92. The van der Waals surface area contributed by atoms with Gasteiger partial charge in [-0.1, -0.05) is 19.1 Å². The van der Waals surface area contributed by atoms with Gasteiger partial charge >= 0.3 is 0 Å². The quantitative estimate of drug-likeness (QED) is 0.462. The number of fused-ring (bicyclic) bond motifs is 2. The summed E-state index contributed by atoms with van der Waals surface area (Å²) < 4.78 is 24.8. The number of hydrogen-bond donors (Lipinski definition) is 3. The van der Waals surface area contributed by atoms with Gasteiger partial charge in [-0.2, -0.15) is 0 Å². The summed E-state index contributed by atoms with van der Waals surface area (Å²) in [6, 6.07) is 17.7. The maximum absolute atomic E-state index is 13.8. The highest BCUT2D eigenvalue weighted by atomic mass is 19.1. The number of anilines is 2. The van der Waals surface area contributed by atoms with Crippen molar-refractivity contribution in [1.29, 1.82) is 0 Å². The van der Waals surface area contributed by atoms with Crippen LogP contribution in [0.2, 0.25) is 0 Å². The third kappa shape index (κ3) is 4.18. The van der Waals surface area contributed by atoms with Crippen molar-refractivity contribution in [1.82, 2.24) is 5.32 Å². The topological polar surface area (TPSA) is 71.6 Å². The van der Waals surface area contributed by atoms with Gasteiger partial charge < -0.3 is 25.4 Å². The Morgan fingerprint density at radius 2 is 1.76 bits per heavy atom. The molecule has 0 bridgehead atoms. The molecule has 3 N–H and O–H groups in total. The van der Waals surface area contributed by atoms with Crippen molar-refractivity contribution in [2.24, 2.45) is 0 Å². The van der Waals surface area contributed by atoms with Crippen LogP contribution >= 0.6 is 0 Å². The molecule has 0 unspecified atom stereocenters. The van der Waals surface area contributed by atoms with Gasteiger partial charge in [0.2, 0.25) is 0 Å². The third-order valence-corrected chi connectivity index (χ3v) is 5.46. The number of amides is 1. The Morgan fingerprint density at radius 1 is 0.970 bits per heavy atom. The maximum atomic E-state index is 13.8. The molecule has 1 amide bonds. The second-order valence-corrected chi connectivity index (χ2v) is 7.67. The van der Waals surface area contributed by atoms with Gasteiger partial charge in [0, 0.05) is 23.4 Å². The predicted octanol–water partition coefficient (Wildman–Crippen LogP) is 5.11. The van der Waals surface area contributed by atoms with Crippen LogP contribution in [0.15, 0.2) is 73.2 Å². The summed E-state index contributed by atoms with van der Waals surface area (Å²) in [5.41, 5.74) is 4.77. The van der Waals surface area contributed by atoms with Crippen LogP contribution in [0.25, 0.3) is 11.3 Å². The average molecular weight is 443 g/mol. The second-order valence-electron chi connectivity index (χ2n) is 7.67. The minimum absolute atomic E-state index is 0.309. The average Bonchev–Trinajstić information content (AvgIpc) is 3.16. The number of halogens is 1. The van der Waals surface area contributed by atoms with E-state index in [1.165, 1.54) is 24.7 Å². The summed E-state index contributed by atoms with van der Waals surface area (Å²) >= 11 is 0. The number of carbonyl (C=O) groups excluding carboxylic acids is 1. The van der Waals surface area contributed by atoms with E-state index in [0.717, 1.165) is 29.9 Å². The molecule has 0 saturated carbocycles. The molecule has 7 heteroatoms. The van der Waals surface area contributed by atoms with Crippen LogP contribution in [0.3, 0.4) is 0 Å². The van der Waals surface area contributed by atoms with E-state index in [1.807, 2.05) is 36.4 Å². The summed E-state index contributed by atoms with van der Waals surface area (Å²) in [5, 5.41) is 9.47. The normalized spacial score (nSPS) is 15.2. The lowest BCUT2D eigenvalue weighted by Gasteiger charge is -2.18. The molecule has 2 aliphatic rings. The molecule has 0 radical (unpaired) electrons. The fourth-order valence-corrected chi connectivity index (χ4v) is 3.85. The van der Waals surface area contributed by atoms with Crippen molar-refractivity contribution in [3.63, 3.8) is 0 Å². The number of nitrogens with one attached hydrogen (secondary N) is 3. The minimum atomic E-state index is -0.410. The molecule has 3 aromatic rings. The highest BCUT2D eigenvalue weighted by Crippen LogP contribution is 2.40. The van der Waals surface area contributed by atoms with Gasteiger partial charge in [-0.3, -0.25) is 4.79 Å². The summed E-state index contributed by atoms with van der Waals surface area (Å²) in [6.45, 7) is 3.74. The molecule has 33 heavy (non-hydrogen) atoms. The molecule has 0 atom stereocenters. The Hall–Kier alpha value is -4.10. The summed E-state index contributed by atoms with van der Waals surface area (Å²) in [7, 11) is 0. The second kappa shape index (κ2) is 8.80. The van der Waals surface area contributed by atoms with Crippen LogP contribution in [-0.2, 0) is 11.3 Å². The summed E-state index contributed by atoms with van der Waals surface area (Å²) in [5.74, 6) is 0.397. The molecular weight excluding hydrogens is 421 g/mol. The molecule has 6 nitrogen and oxygen atoms in total. The lowest BCUT2D eigenvalue weighted by atomic mass is 9.99. The third-order valence-electron chi connectivity index (χ3n) is 5.46. The molecule has 2 aliphatic heterocycles. The van der Waals surface area contributed by atoms with Crippen LogP contribution in [-0.4, -0.2) is 12.5 Å². The van der Waals surface area contributed by atoms with E-state index in [2.05, 4.69) is 22.9 Å². The van der Waals surface area contributed by atoms with Crippen molar-refractivity contribution in [3.05, 3.63) is 95.7 Å². The van der Waals surface area contributed by atoms with Crippen molar-refractivity contribution in [2.75, 3.05) is 17.2 Å². The predicted molar refractivity (Wildman–Crippen MR) is 126 cm³/mol. The molecule has 166 valence electrons. The van der Waals surface area contributed by atoms with Crippen molar-refractivity contribution in [2.45, 2.75) is 13.5 Å². The smallest absolute Gasteiger partial charge is 0.258 e. The number of rotatable bonds is 6. The monoisotopic (exact) mass is 443 g/mol. The van der Waals surface area contributed by atoms with E-state index in [9.17, 15) is 9.18 Å². The minimum Gasteiger partial charge on any atom is -0.458 e. The van der Waals surface area contributed by atoms with E-state index in [0.29, 0.717) is 34.0 Å². The Morgan fingerprint density at radius 3 is 2.55 bits per heavy atom. The molecule has 5 rings (SSSR count). The number of carbonyl (C=O) groups is 1. The Labute approximate surface area is 190 Å². The molecule has 0 spiro atoms. The molecular formula is C26H22FN3O3. The van der Waals surface area contributed by atoms with Gasteiger partial charge in [0.05, 0.1) is 17.0 Å². The van der Waals surface area contributed by atoms with Crippen molar-refractivity contribution in [3.8, 4) is 11.5 Å². The first-order valence-electron chi connectivity index (χ1n) is 10.7. The first-order valence-corrected chi connectivity index (χ1v) is 10.7. The van der Waals surface area contributed by atoms with E-state index in [1.54, 1.807) is 12.1 Å². The number of benzene rings is 3. The van der Waals surface area contributed by atoms with Gasteiger partial charge in [-0.25, -0.2) is 4.39 Å². The fraction of sp³-hybridized carbons (Fsp3) is 0.115. The van der Waals surface area contributed by atoms with Gasteiger partial charge in [-0.05, 0) is 60.6 Å². The zero-order valence-corrected chi connectivity index (χ0v) is 17.9. The van der Waals surface area contributed by atoms with E-state index in [-0.39, 0.29) is 5.91 Å². The standard InChI is InChI=1S/C26H22FN3O3/c1-2-28-15-16-3-7-19(8-4-16)29-25(17-5-10-22-23(13-17)33-12-11-32-22)24-20-9-6-18(27)14-21(20)30-26(24)31/h3-14,28-29H,2,15H2,1H3,(H,30,31)/b25-24-. The van der Waals surface area contributed by atoms with Gasteiger partial charge in [0.1, 0.15) is 18.3 Å². The van der Waals surface area contributed by atoms with Crippen molar-refractivity contribution >= 4 is 28.6 Å². The Bertz CT molecular complexity index is 1280. The number of hydrogen-bond acceptors (Lipinski definition) is 5. The Balaban J connectivity index is 1.60. The van der Waals surface area contributed by atoms with Crippen LogP contribution in [0.4, 0.5) is 15.8 Å². The maximum Gasteiger partial charge on any atom is 0.258 e. The first-order chi connectivity index (χ1) is 16.1. The van der Waals surface area contributed by atoms with Crippen LogP contribution in [0.5, 0.6) is 11.5 Å². The van der Waals surface area contributed by atoms with Crippen LogP contribution in [0, 0.1) is 5.82 Å². The zero-order valence-electron chi connectivity index (χ0n) is 17.9. The van der Waals surface area contributed by atoms with E-state index in [4.69, 9.17) is 9.47 Å². The molecule has 0 fully saturated rings. The van der Waals surface area contributed by atoms with Gasteiger partial charge in [0.15, 0.2) is 11.5 Å². The van der Waals surface area contributed by atoms with Crippen molar-refractivity contribution < 1.29 is 18.7 Å².